The number of carbonyl (C=O) groups excluding carboxylic acids is 1. The Labute approximate surface area is 214 Å². The summed E-state index contributed by atoms with van der Waals surface area (Å²) in [6, 6.07) is 13.4. The van der Waals surface area contributed by atoms with E-state index in [0.29, 0.717) is 42.9 Å². The van der Waals surface area contributed by atoms with E-state index in [1.807, 2.05) is 53.5 Å². The molecule has 0 spiro atoms. The molecule has 10 nitrogen and oxygen atoms in total. The third kappa shape index (κ3) is 4.83. The molecule has 0 atom stereocenters. The Hall–Kier alpha value is -4.44. The Kier molecular flexibility index (Phi) is 6.15. The van der Waals surface area contributed by atoms with E-state index in [4.69, 9.17) is 4.98 Å². The van der Waals surface area contributed by atoms with Crippen LogP contribution < -0.4 is 21.3 Å². The third-order valence-corrected chi connectivity index (χ3v) is 6.80. The van der Waals surface area contributed by atoms with Gasteiger partial charge in [-0.2, -0.15) is 10.1 Å². The van der Waals surface area contributed by atoms with Crippen LogP contribution in [0.15, 0.2) is 61.1 Å². The van der Waals surface area contributed by atoms with E-state index >= 15 is 0 Å². The minimum Gasteiger partial charge on any atom is -0.508 e. The van der Waals surface area contributed by atoms with E-state index in [1.165, 1.54) is 0 Å². The van der Waals surface area contributed by atoms with Crippen molar-refractivity contribution in [1.82, 2.24) is 30.4 Å². The Morgan fingerprint density at radius 2 is 2.00 bits per heavy atom. The molecule has 1 amide bonds. The summed E-state index contributed by atoms with van der Waals surface area (Å²) in [5.74, 6) is 1.37. The summed E-state index contributed by atoms with van der Waals surface area (Å²) >= 11 is 0. The molecule has 0 radical (unpaired) electrons. The Morgan fingerprint density at radius 1 is 1.11 bits per heavy atom. The highest BCUT2D eigenvalue weighted by Crippen LogP contribution is 2.29. The number of aromatic nitrogens is 4. The fourth-order valence-electron chi connectivity index (χ4n) is 4.60. The molecule has 2 aromatic heterocycles. The van der Waals surface area contributed by atoms with Gasteiger partial charge in [-0.3, -0.25) is 9.48 Å². The molecular weight excluding hydrogens is 468 g/mol. The van der Waals surface area contributed by atoms with Gasteiger partial charge >= 0.3 is 0 Å². The molecule has 4 heterocycles. The Morgan fingerprint density at radius 3 is 2.84 bits per heavy atom. The molecule has 6 rings (SSSR count). The molecule has 1 fully saturated rings. The molecule has 0 saturated carbocycles. The van der Waals surface area contributed by atoms with Gasteiger partial charge in [0.2, 0.25) is 5.95 Å². The molecule has 188 valence electrons. The summed E-state index contributed by atoms with van der Waals surface area (Å²) in [4.78, 5) is 21.4. The van der Waals surface area contributed by atoms with Crippen molar-refractivity contribution in [2.75, 3.05) is 36.8 Å². The number of fused-ring (bicyclic) bond motifs is 1. The fourth-order valence-corrected chi connectivity index (χ4v) is 4.60. The van der Waals surface area contributed by atoms with Crippen LogP contribution in [-0.2, 0) is 12.8 Å². The Balaban J connectivity index is 1.26. The normalized spacial score (nSPS) is 15.0. The monoisotopic (exact) mass is 496 g/mol. The van der Waals surface area contributed by atoms with Crippen LogP contribution in [0.3, 0.4) is 0 Å². The van der Waals surface area contributed by atoms with Gasteiger partial charge in [0, 0.05) is 61.0 Å². The lowest BCUT2D eigenvalue weighted by Crippen LogP contribution is -2.43. The number of benzene rings is 2. The molecule has 1 saturated heterocycles. The van der Waals surface area contributed by atoms with Crippen molar-refractivity contribution >= 4 is 23.4 Å². The first-order chi connectivity index (χ1) is 18.1. The zero-order valence-electron chi connectivity index (χ0n) is 20.2. The number of carbonyl (C=O) groups is 1. The van der Waals surface area contributed by atoms with Crippen molar-refractivity contribution in [3.63, 3.8) is 0 Å². The molecule has 2 aromatic carbocycles. The van der Waals surface area contributed by atoms with Crippen LogP contribution in [0.5, 0.6) is 5.75 Å². The number of nitrogens with one attached hydrogen (secondary N) is 4. The highest BCUT2D eigenvalue weighted by atomic mass is 16.3. The lowest BCUT2D eigenvalue weighted by atomic mass is 10.00. The van der Waals surface area contributed by atoms with Gasteiger partial charge in [-0.1, -0.05) is 18.2 Å². The number of phenols is 1. The van der Waals surface area contributed by atoms with E-state index in [1.54, 1.807) is 12.3 Å². The second-order valence-corrected chi connectivity index (χ2v) is 9.29. The molecule has 10 heteroatoms. The zero-order chi connectivity index (χ0) is 25.2. The van der Waals surface area contributed by atoms with Crippen molar-refractivity contribution in [2.45, 2.75) is 18.9 Å². The number of nitrogens with zero attached hydrogens (tertiary/aromatic N) is 4. The van der Waals surface area contributed by atoms with Crippen LogP contribution in [0.25, 0.3) is 11.1 Å². The third-order valence-electron chi connectivity index (χ3n) is 6.80. The van der Waals surface area contributed by atoms with Crippen LogP contribution in [0, 0.1) is 0 Å². The number of phenolic OH excluding ortho intramolecular Hbond substituents is 1. The predicted octanol–water partition coefficient (Wildman–Crippen LogP) is 2.87. The first-order valence-electron chi connectivity index (χ1n) is 12.5. The fraction of sp³-hybridized carbons (Fsp3) is 0.259. The van der Waals surface area contributed by atoms with Gasteiger partial charge in [0.15, 0.2) is 0 Å². The van der Waals surface area contributed by atoms with Gasteiger partial charge < -0.3 is 26.4 Å². The maximum Gasteiger partial charge on any atom is 0.251 e. The van der Waals surface area contributed by atoms with E-state index < -0.39 is 0 Å². The van der Waals surface area contributed by atoms with Crippen LogP contribution in [0.4, 0.5) is 17.5 Å². The number of rotatable bonds is 8. The summed E-state index contributed by atoms with van der Waals surface area (Å²) < 4.78 is 1.98. The van der Waals surface area contributed by atoms with E-state index in [0.717, 1.165) is 47.5 Å². The zero-order valence-corrected chi connectivity index (χ0v) is 20.2. The standard InChI is InChI=1S/C27H28N8O2/c36-24-4-2-1-3-17(24)7-9-29-25-23(19-12-32-35(16-19)21-13-28-14-21)15-31-27(34-25)33-20-5-6-22-18(11-20)8-10-30-26(22)37/h1-6,11-12,15-16,21,28,36H,7-10,13-14H2,(H,30,37)(H2,29,31,33,34). The van der Waals surface area contributed by atoms with E-state index in [2.05, 4.69) is 31.3 Å². The van der Waals surface area contributed by atoms with Gasteiger partial charge in [0.1, 0.15) is 11.6 Å². The number of hydrogen-bond acceptors (Lipinski definition) is 8. The summed E-state index contributed by atoms with van der Waals surface area (Å²) in [5.41, 5.74) is 5.19. The number of anilines is 3. The first kappa shape index (κ1) is 23.0. The van der Waals surface area contributed by atoms with Crippen molar-refractivity contribution in [1.29, 1.82) is 0 Å². The molecule has 37 heavy (non-hydrogen) atoms. The van der Waals surface area contributed by atoms with Crippen molar-refractivity contribution in [3.8, 4) is 16.9 Å². The van der Waals surface area contributed by atoms with Crippen molar-refractivity contribution in [3.05, 3.63) is 77.7 Å². The number of hydrogen-bond donors (Lipinski definition) is 5. The molecule has 2 aliphatic heterocycles. The molecule has 4 aromatic rings. The number of amides is 1. The minimum atomic E-state index is -0.0393. The lowest BCUT2D eigenvalue weighted by molar-refractivity contribution is 0.0946. The second-order valence-electron chi connectivity index (χ2n) is 9.29. The summed E-state index contributed by atoms with van der Waals surface area (Å²) in [7, 11) is 0. The molecule has 5 N–H and O–H groups in total. The van der Waals surface area contributed by atoms with Gasteiger partial charge in [0.05, 0.1) is 12.2 Å². The molecule has 2 aliphatic rings. The quantitative estimate of drug-likeness (QED) is 0.252. The number of aromatic hydroxyl groups is 1. The molecular formula is C27H28N8O2. The first-order valence-corrected chi connectivity index (χ1v) is 12.5. The van der Waals surface area contributed by atoms with Gasteiger partial charge in [-0.15, -0.1) is 0 Å². The molecule has 0 unspecified atom stereocenters. The van der Waals surface area contributed by atoms with Gasteiger partial charge in [-0.05, 0) is 48.2 Å². The van der Waals surface area contributed by atoms with Crippen LogP contribution >= 0.6 is 0 Å². The van der Waals surface area contributed by atoms with Crippen LogP contribution in [-0.4, -0.2) is 56.9 Å². The predicted molar refractivity (Wildman–Crippen MR) is 141 cm³/mol. The second kappa shape index (κ2) is 9.90. The van der Waals surface area contributed by atoms with Crippen molar-refractivity contribution in [2.24, 2.45) is 0 Å². The lowest BCUT2D eigenvalue weighted by Gasteiger charge is -2.27. The maximum atomic E-state index is 12.1. The molecule has 0 aliphatic carbocycles. The van der Waals surface area contributed by atoms with E-state index in [-0.39, 0.29) is 11.7 Å². The SMILES string of the molecule is O=C1NCCc2cc(Nc3ncc(-c4cnn(C5CNC5)c4)c(NCCc4ccccc4O)n3)ccc21. The number of para-hydroxylation sites is 1. The maximum absolute atomic E-state index is 12.1. The smallest absolute Gasteiger partial charge is 0.251 e. The summed E-state index contributed by atoms with van der Waals surface area (Å²) in [6.45, 7) is 3.04. The highest BCUT2D eigenvalue weighted by molar-refractivity contribution is 5.97. The Bertz CT molecular complexity index is 1450. The van der Waals surface area contributed by atoms with Crippen LogP contribution in [0.2, 0.25) is 0 Å². The van der Waals surface area contributed by atoms with Gasteiger partial charge in [0.25, 0.3) is 5.91 Å². The highest BCUT2D eigenvalue weighted by Gasteiger charge is 2.21. The largest absolute Gasteiger partial charge is 0.508 e. The summed E-state index contributed by atoms with van der Waals surface area (Å²) in [6.07, 6.45) is 7.09. The topological polar surface area (TPSA) is 129 Å². The summed E-state index contributed by atoms with van der Waals surface area (Å²) in [5, 5.41) is 27.5. The van der Waals surface area contributed by atoms with E-state index in [9.17, 15) is 9.90 Å². The minimum absolute atomic E-state index is 0.0393. The molecule has 0 bridgehead atoms. The average Bonchev–Trinajstić information content (AvgIpc) is 3.33. The van der Waals surface area contributed by atoms with Gasteiger partial charge in [-0.25, -0.2) is 4.98 Å². The average molecular weight is 497 g/mol. The van der Waals surface area contributed by atoms with Crippen LogP contribution in [0.1, 0.15) is 27.5 Å². The van der Waals surface area contributed by atoms with Crippen molar-refractivity contribution < 1.29 is 9.90 Å².